The van der Waals surface area contributed by atoms with Crippen molar-refractivity contribution in [2.45, 2.75) is 19.4 Å². The number of hydrogen-bond acceptors (Lipinski definition) is 4. The Kier molecular flexibility index (Phi) is 5.74. The Balaban J connectivity index is 2.42. The lowest BCUT2D eigenvalue weighted by Gasteiger charge is -2.19. The molecule has 1 aromatic rings. The molecule has 0 bridgehead atoms. The lowest BCUT2D eigenvalue weighted by molar-refractivity contribution is -0.385. The molecule has 0 aliphatic carbocycles. The third-order valence-corrected chi connectivity index (χ3v) is 3.08. The largest absolute Gasteiger partial charge is 0.315 e. The van der Waals surface area contributed by atoms with Crippen molar-refractivity contribution in [1.29, 1.82) is 0 Å². The van der Waals surface area contributed by atoms with E-state index < -0.39 is 0 Å². The first-order chi connectivity index (χ1) is 8.52. The molecule has 5 nitrogen and oxygen atoms in total. The second kappa shape index (κ2) is 7.08. The number of benzene rings is 1. The van der Waals surface area contributed by atoms with Crippen LogP contribution in [0.1, 0.15) is 12.5 Å². The molecule has 0 spiro atoms. The Labute approximate surface area is 108 Å². The van der Waals surface area contributed by atoms with Gasteiger partial charge in [0.2, 0.25) is 0 Å². The summed E-state index contributed by atoms with van der Waals surface area (Å²) in [5.74, 6) is 0. The molecule has 1 unspecified atom stereocenters. The van der Waals surface area contributed by atoms with Gasteiger partial charge in [-0.1, -0.05) is 18.2 Å². The van der Waals surface area contributed by atoms with Gasteiger partial charge in [-0.05, 0) is 34.0 Å². The highest BCUT2D eigenvalue weighted by molar-refractivity contribution is 5.39. The van der Waals surface area contributed by atoms with E-state index >= 15 is 0 Å². The fraction of sp³-hybridized carbons (Fsp3) is 0.538. The highest BCUT2D eigenvalue weighted by atomic mass is 16.6. The fourth-order valence-electron chi connectivity index (χ4n) is 1.62. The SMILES string of the molecule is CC(CNCCc1ccccc1[N+](=O)[O-])N(C)C. The fourth-order valence-corrected chi connectivity index (χ4v) is 1.62. The highest BCUT2D eigenvalue weighted by Gasteiger charge is 2.11. The third-order valence-electron chi connectivity index (χ3n) is 3.08. The van der Waals surface area contributed by atoms with Crippen LogP contribution in [0.2, 0.25) is 0 Å². The zero-order valence-electron chi connectivity index (χ0n) is 11.2. The number of likely N-dealkylation sites (N-methyl/N-ethyl adjacent to an activating group) is 1. The Morgan fingerprint density at radius 3 is 2.67 bits per heavy atom. The predicted molar refractivity (Wildman–Crippen MR) is 72.8 cm³/mol. The molecule has 0 aliphatic heterocycles. The van der Waals surface area contributed by atoms with Gasteiger partial charge in [-0.15, -0.1) is 0 Å². The summed E-state index contributed by atoms with van der Waals surface area (Å²) >= 11 is 0. The maximum atomic E-state index is 10.8. The van der Waals surface area contributed by atoms with E-state index in [1.54, 1.807) is 12.1 Å². The van der Waals surface area contributed by atoms with Crippen LogP contribution in [0.15, 0.2) is 24.3 Å². The molecule has 18 heavy (non-hydrogen) atoms. The van der Waals surface area contributed by atoms with E-state index in [9.17, 15) is 10.1 Å². The molecule has 100 valence electrons. The van der Waals surface area contributed by atoms with Crippen LogP contribution >= 0.6 is 0 Å². The molecular weight excluding hydrogens is 230 g/mol. The molecule has 1 N–H and O–H groups in total. The van der Waals surface area contributed by atoms with Crippen molar-refractivity contribution in [1.82, 2.24) is 10.2 Å². The van der Waals surface area contributed by atoms with Crippen LogP contribution in [0.25, 0.3) is 0 Å². The lowest BCUT2D eigenvalue weighted by atomic mass is 10.1. The van der Waals surface area contributed by atoms with Crippen LogP contribution in [-0.2, 0) is 6.42 Å². The van der Waals surface area contributed by atoms with E-state index in [-0.39, 0.29) is 10.6 Å². The Morgan fingerprint density at radius 2 is 2.06 bits per heavy atom. The van der Waals surface area contributed by atoms with Gasteiger partial charge >= 0.3 is 0 Å². The molecule has 0 fully saturated rings. The van der Waals surface area contributed by atoms with Gasteiger partial charge < -0.3 is 10.2 Å². The summed E-state index contributed by atoms with van der Waals surface area (Å²) in [6, 6.07) is 7.36. The molecule has 5 heteroatoms. The van der Waals surface area contributed by atoms with E-state index in [1.165, 1.54) is 0 Å². The maximum absolute atomic E-state index is 10.8. The standard InChI is InChI=1S/C13H21N3O2/c1-11(15(2)3)10-14-9-8-12-6-4-5-7-13(12)16(17)18/h4-7,11,14H,8-10H2,1-3H3. The van der Waals surface area contributed by atoms with Crippen molar-refractivity contribution in [2.24, 2.45) is 0 Å². The summed E-state index contributed by atoms with van der Waals surface area (Å²) in [5, 5.41) is 14.1. The number of nitro benzene ring substituents is 1. The zero-order valence-corrected chi connectivity index (χ0v) is 11.2. The lowest BCUT2D eigenvalue weighted by Crippen LogP contribution is -2.36. The highest BCUT2D eigenvalue weighted by Crippen LogP contribution is 2.17. The van der Waals surface area contributed by atoms with Crippen LogP contribution in [-0.4, -0.2) is 43.0 Å². The van der Waals surface area contributed by atoms with Crippen LogP contribution in [0.5, 0.6) is 0 Å². The second-order valence-electron chi connectivity index (χ2n) is 4.65. The zero-order chi connectivity index (χ0) is 13.5. The van der Waals surface area contributed by atoms with Crippen LogP contribution in [0.3, 0.4) is 0 Å². The van der Waals surface area contributed by atoms with Gasteiger partial charge in [0.1, 0.15) is 0 Å². The number of para-hydroxylation sites is 1. The molecule has 1 atom stereocenters. The molecule has 1 aromatic carbocycles. The number of nitrogens with one attached hydrogen (secondary N) is 1. The van der Waals surface area contributed by atoms with Crippen molar-refractivity contribution < 1.29 is 4.92 Å². The van der Waals surface area contributed by atoms with Crippen molar-refractivity contribution >= 4 is 5.69 Å². The van der Waals surface area contributed by atoms with Crippen molar-refractivity contribution in [3.05, 3.63) is 39.9 Å². The molecule has 0 aliphatic rings. The van der Waals surface area contributed by atoms with Crippen LogP contribution in [0.4, 0.5) is 5.69 Å². The molecule has 0 saturated heterocycles. The molecule has 0 aromatic heterocycles. The monoisotopic (exact) mass is 251 g/mol. The first-order valence-corrected chi connectivity index (χ1v) is 6.11. The molecule has 0 saturated carbocycles. The molecule has 0 heterocycles. The minimum absolute atomic E-state index is 0.208. The Morgan fingerprint density at radius 1 is 1.39 bits per heavy atom. The summed E-state index contributed by atoms with van der Waals surface area (Å²) in [6.45, 7) is 3.77. The summed E-state index contributed by atoms with van der Waals surface area (Å²) in [7, 11) is 4.07. The van der Waals surface area contributed by atoms with Crippen molar-refractivity contribution in [3.8, 4) is 0 Å². The predicted octanol–water partition coefficient (Wildman–Crippen LogP) is 1.68. The quantitative estimate of drug-likeness (QED) is 0.455. The average molecular weight is 251 g/mol. The van der Waals surface area contributed by atoms with E-state index in [4.69, 9.17) is 0 Å². The molecule has 0 radical (unpaired) electrons. The van der Waals surface area contributed by atoms with E-state index in [2.05, 4.69) is 17.1 Å². The van der Waals surface area contributed by atoms with E-state index in [0.717, 1.165) is 18.7 Å². The normalized spacial score (nSPS) is 12.7. The van der Waals surface area contributed by atoms with Crippen molar-refractivity contribution in [3.63, 3.8) is 0 Å². The van der Waals surface area contributed by atoms with Crippen molar-refractivity contribution in [2.75, 3.05) is 27.2 Å². The van der Waals surface area contributed by atoms with Gasteiger partial charge in [-0.25, -0.2) is 0 Å². The Bertz CT molecular complexity index is 394. The topological polar surface area (TPSA) is 58.4 Å². The first kappa shape index (κ1) is 14.6. The van der Waals surface area contributed by atoms with Gasteiger partial charge in [0, 0.05) is 24.2 Å². The maximum Gasteiger partial charge on any atom is 0.272 e. The summed E-state index contributed by atoms with van der Waals surface area (Å²) in [6.07, 6.45) is 0.678. The second-order valence-corrected chi connectivity index (χ2v) is 4.65. The van der Waals surface area contributed by atoms with Crippen LogP contribution in [0, 0.1) is 10.1 Å². The Hall–Kier alpha value is -1.46. The first-order valence-electron chi connectivity index (χ1n) is 6.11. The van der Waals surface area contributed by atoms with Gasteiger partial charge in [-0.2, -0.15) is 0 Å². The summed E-state index contributed by atoms with van der Waals surface area (Å²) in [5.41, 5.74) is 0.993. The average Bonchev–Trinajstić information content (AvgIpc) is 2.34. The minimum atomic E-state index is -0.322. The summed E-state index contributed by atoms with van der Waals surface area (Å²) in [4.78, 5) is 12.6. The van der Waals surface area contributed by atoms with Gasteiger partial charge in [0.25, 0.3) is 5.69 Å². The third kappa shape index (κ3) is 4.43. The number of rotatable bonds is 7. The van der Waals surface area contributed by atoms with Gasteiger partial charge in [0.05, 0.1) is 4.92 Å². The van der Waals surface area contributed by atoms with E-state index in [0.29, 0.717) is 12.5 Å². The molecule has 0 amide bonds. The summed E-state index contributed by atoms with van der Waals surface area (Å²) < 4.78 is 0. The van der Waals surface area contributed by atoms with E-state index in [1.807, 2.05) is 26.2 Å². The number of hydrogen-bond donors (Lipinski definition) is 1. The molecule has 1 rings (SSSR count). The smallest absolute Gasteiger partial charge is 0.272 e. The van der Waals surface area contributed by atoms with Gasteiger partial charge in [0.15, 0.2) is 0 Å². The van der Waals surface area contributed by atoms with Gasteiger partial charge in [-0.3, -0.25) is 10.1 Å². The minimum Gasteiger partial charge on any atom is -0.315 e. The number of nitrogens with zero attached hydrogens (tertiary/aromatic N) is 2. The number of nitro groups is 1. The molecular formula is C13H21N3O2. The van der Waals surface area contributed by atoms with Crippen LogP contribution < -0.4 is 5.32 Å².